The fraction of sp³-hybridized carbons (Fsp3) is 0.571. The molecule has 9 heteroatoms. The molecule has 0 spiro atoms. The van der Waals surface area contributed by atoms with Crippen molar-refractivity contribution in [2.75, 3.05) is 17.6 Å². The lowest BCUT2D eigenvalue weighted by molar-refractivity contribution is -0.124. The number of aromatic nitrogens is 1. The van der Waals surface area contributed by atoms with Crippen LogP contribution in [0.2, 0.25) is 0 Å². The lowest BCUT2D eigenvalue weighted by Crippen LogP contribution is -2.32. The Morgan fingerprint density at radius 3 is 2.61 bits per heavy atom. The molecule has 0 aliphatic rings. The Kier molecular flexibility index (Phi) is 8.04. The lowest BCUT2D eigenvalue weighted by atomic mass is 10.1. The molecule has 1 heterocycles. The second-order valence-corrected chi connectivity index (χ2v) is 7.65. The minimum absolute atomic E-state index is 0.0840. The Morgan fingerprint density at radius 2 is 2.00 bits per heavy atom. The smallest absolute Gasteiger partial charge is 0.245 e. The highest BCUT2D eigenvalue weighted by Crippen LogP contribution is 2.31. The summed E-state index contributed by atoms with van der Waals surface area (Å²) in [7, 11) is 0. The summed E-state index contributed by atoms with van der Waals surface area (Å²) >= 11 is 2.57. The molecule has 0 unspecified atom stereocenters. The molecule has 128 valence electrons. The number of nitrogens with zero attached hydrogens (tertiary/aromatic N) is 1. The van der Waals surface area contributed by atoms with E-state index in [0.717, 1.165) is 16.3 Å². The van der Waals surface area contributed by atoms with Gasteiger partial charge in [-0.15, -0.1) is 11.8 Å². The summed E-state index contributed by atoms with van der Waals surface area (Å²) in [4.78, 5) is 38.4. The zero-order valence-electron chi connectivity index (χ0n) is 13.5. The molecule has 0 atom stereocenters. The van der Waals surface area contributed by atoms with Crippen LogP contribution in [0.5, 0.6) is 0 Å². The molecule has 3 amide bonds. The Morgan fingerprint density at radius 1 is 1.30 bits per heavy atom. The molecule has 1 rings (SSSR count). The summed E-state index contributed by atoms with van der Waals surface area (Å²) in [5.74, 6) is -0.255. The van der Waals surface area contributed by atoms with Gasteiger partial charge in [-0.1, -0.05) is 25.2 Å². The number of thioether (sulfide) groups is 1. The molecular weight excluding hydrogens is 336 g/mol. The number of nitrogens with one attached hydrogen (secondary N) is 2. The molecule has 4 N–H and O–H groups in total. The predicted molar refractivity (Wildman–Crippen MR) is 92.5 cm³/mol. The summed E-state index contributed by atoms with van der Waals surface area (Å²) in [5.41, 5.74) is 5.84. The van der Waals surface area contributed by atoms with Crippen LogP contribution >= 0.6 is 23.1 Å². The maximum Gasteiger partial charge on any atom is 0.245 e. The average Bonchev–Trinajstić information content (AvgIpc) is 2.80. The number of carbonyl (C=O) groups excluding carboxylic acids is 3. The number of nitrogens with two attached hydrogens (primary N) is 1. The van der Waals surface area contributed by atoms with Gasteiger partial charge >= 0.3 is 0 Å². The number of thiazole rings is 1. The van der Waals surface area contributed by atoms with E-state index in [9.17, 15) is 14.4 Å². The first-order valence-corrected chi connectivity index (χ1v) is 9.03. The van der Waals surface area contributed by atoms with Gasteiger partial charge in [0.1, 0.15) is 0 Å². The predicted octanol–water partition coefficient (Wildman–Crippen LogP) is 1.52. The van der Waals surface area contributed by atoms with Crippen LogP contribution in [0.15, 0.2) is 4.21 Å². The van der Waals surface area contributed by atoms with Crippen LogP contribution in [0.4, 0.5) is 5.13 Å². The topological polar surface area (TPSA) is 114 Å². The third kappa shape index (κ3) is 7.98. The number of primary amides is 1. The fourth-order valence-electron chi connectivity index (χ4n) is 1.56. The number of anilines is 1. The minimum atomic E-state index is -0.405. The van der Waals surface area contributed by atoms with Crippen LogP contribution in [0.3, 0.4) is 0 Å². The Bertz CT molecular complexity index is 572. The van der Waals surface area contributed by atoms with Crippen molar-refractivity contribution >= 4 is 46.0 Å². The number of carbonyl (C=O) groups is 3. The van der Waals surface area contributed by atoms with Gasteiger partial charge in [0, 0.05) is 6.42 Å². The maximum absolute atomic E-state index is 11.8. The molecule has 1 aromatic rings. The molecule has 0 aromatic carbocycles. The summed E-state index contributed by atoms with van der Waals surface area (Å²) in [6.45, 7) is 5.79. The van der Waals surface area contributed by atoms with Crippen molar-refractivity contribution in [1.29, 1.82) is 0 Å². The molecular formula is C14H22N4O3S2. The first kappa shape index (κ1) is 19.4. The summed E-state index contributed by atoms with van der Waals surface area (Å²) in [5, 5.41) is 5.65. The number of hydrogen-bond acceptors (Lipinski definition) is 6. The van der Waals surface area contributed by atoms with Gasteiger partial charge < -0.3 is 16.4 Å². The highest BCUT2D eigenvalue weighted by Gasteiger charge is 2.12. The standard InChI is InChI=1S/C14H22N4O3S2/c1-8(2)4-5-11(20)16-6-12(21)18-14-17-9(3)13(23-14)22-7-10(15)19/h8H,4-7H2,1-3H3,(H2,15,19)(H,16,20)(H,17,18,21). The number of hydrogen-bond donors (Lipinski definition) is 3. The zero-order valence-corrected chi connectivity index (χ0v) is 15.1. The second-order valence-electron chi connectivity index (χ2n) is 5.40. The second kappa shape index (κ2) is 9.51. The van der Waals surface area contributed by atoms with Crippen LogP contribution in [0.25, 0.3) is 0 Å². The Labute approximate surface area is 143 Å². The van der Waals surface area contributed by atoms with Gasteiger partial charge in [0.05, 0.1) is 22.2 Å². The highest BCUT2D eigenvalue weighted by atomic mass is 32.2. The van der Waals surface area contributed by atoms with Gasteiger partial charge in [-0.3, -0.25) is 14.4 Å². The molecule has 0 radical (unpaired) electrons. The normalized spacial score (nSPS) is 10.6. The molecule has 7 nitrogen and oxygen atoms in total. The molecule has 0 bridgehead atoms. The van der Waals surface area contributed by atoms with Gasteiger partial charge in [0.25, 0.3) is 0 Å². The summed E-state index contributed by atoms with van der Waals surface area (Å²) < 4.78 is 0.833. The average molecular weight is 358 g/mol. The number of amides is 3. The first-order valence-electron chi connectivity index (χ1n) is 7.23. The van der Waals surface area contributed by atoms with Crippen LogP contribution < -0.4 is 16.4 Å². The lowest BCUT2D eigenvalue weighted by Gasteiger charge is -2.06. The van der Waals surface area contributed by atoms with Crippen LogP contribution in [-0.2, 0) is 14.4 Å². The van der Waals surface area contributed by atoms with Gasteiger partial charge in [-0.2, -0.15) is 0 Å². The van der Waals surface area contributed by atoms with E-state index in [0.29, 0.717) is 17.5 Å². The Hall–Kier alpha value is -1.61. The van der Waals surface area contributed by atoms with E-state index in [-0.39, 0.29) is 24.1 Å². The van der Waals surface area contributed by atoms with E-state index in [1.165, 1.54) is 23.1 Å². The van der Waals surface area contributed by atoms with Crippen molar-refractivity contribution in [1.82, 2.24) is 10.3 Å². The maximum atomic E-state index is 11.8. The monoisotopic (exact) mass is 358 g/mol. The first-order chi connectivity index (χ1) is 10.8. The molecule has 23 heavy (non-hydrogen) atoms. The van der Waals surface area contributed by atoms with Crippen molar-refractivity contribution in [3.05, 3.63) is 5.69 Å². The van der Waals surface area contributed by atoms with Gasteiger partial charge in [0.2, 0.25) is 17.7 Å². The van der Waals surface area contributed by atoms with E-state index in [4.69, 9.17) is 5.73 Å². The third-order valence-electron chi connectivity index (χ3n) is 2.74. The number of rotatable bonds is 9. The minimum Gasteiger partial charge on any atom is -0.369 e. The summed E-state index contributed by atoms with van der Waals surface area (Å²) in [6, 6.07) is 0. The number of aryl methyl sites for hydroxylation is 1. The molecule has 0 aliphatic heterocycles. The van der Waals surface area contributed by atoms with Crippen molar-refractivity contribution < 1.29 is 14.4 Å². The van der Waals surface area contributed by atoms with Crippen molar-refractivity contribution in [3.8, 4) is 0 Å². The highest BCUT2D eigenvalue weighted by molar-refractivity contribution is 8.01. The van der Waals surface area contributed by atoms with Crippen molar-refractivity contribution in [3.63, 3.8) is 0 Å². The fourth-order valence-corrected chi connectivity index (χ4v) is 3.45. The van der Waals surface area contributed by atoms with Gasteiger partial charge in [-0.25, -0.2) is 4.98 Å². The largest absolute Gasteiger partial charge is 0.369 e. The van der Waals surface area contributed by atoms with E-state index in [1.807, 2.05) is 13.8 Å². The van der Waals surface area contributed by atoms with Crippen LogP contribution in [-0.4, -0.2) is 35.0 Å². The quantitative estimate of drug-likeness (QED) is 0.579. The van der Waals surface area contributed by atoms with Gasteiger partial charge in [-0.05, 0) is 19.3 Å². The molecule has 0 saturated carbocycles. The Balaban J connectivity index is 2.41. The zero-order chi connectivity index (χ0) is 17.4. The SMILES string of the molecule is Cc1nc(NC(=O)CNC(=O)CCC(C)C)sc1SCC(N)=O. The van der Waals surface area contributed by atoms with E-state index < -0.39 is 5.91 Å². The van der Waals surface area contributed by atoms with Crippen LogP contribution in [0.1, 0.15) is 32.4 Å². The van der Waals surface area contributed by atoms with E-state index in [1.54, 1.807) is 6.92 Å². The molecule has 0 saturated heterocycles. The molecule has 1 aromatic heterocycles. The van der Waals surface area contributed by atoms with Crippen molar-refractivity contribution in [2.24, 2.45) is 11.7 Å². The van der Waals surface area contributed by atoms with Crippen molar-refractivity contribution in [2.45, 2.75) is 37.8 Å². The summed E-state index contributed by atoms with van der Waals surface area (Å²) in [6.07, 6.45) is 1.20. The van der Waals surface area contributed by atoms with Crippen LogP contribution in [0, 0.1) is 12.8 Å². The third-order valence-corrected chi connectivity index (χ3v) is 5.20. The molecule has 0 aliphatic carbocycles. The van der Waals surface area contributed by atoms with Gasteiger partial charge in [0.15, 0.2) is 5.13 Å². The van der Waals surface area contributed by atoms with E-state index >= 15 is 0 Å². The molecule has 0 fully saturated rings. The van der Waals surface area contributed by atoms with E-state index in [2.05, 4.69) is 15.6 Å².